The summed E-state index contributed by atoms with van der Waals surface area (Å²) in [6.45, 7) is 3.05. The number of aryl methyl sites for hydroxylation is 1. The normalized spacial score (nSPS) is 15.5. The topological polar surface area (TPSA) is 12.5 Å². The lowest BCUT2D eigenvalue weighted by molar-refractivity contribution is 0.415. The molecule has 0 aliphatic carbocycles. The quantitative estimate of drug-likeness (QED) is 0.590. The molecule has 4 rings (SSSR count). The Kier molecular flexibility index (Phi) is 4.85. The van der Waals surface area contributed by atoms with Gasteiger partial charge in [-0.2, -0.15) is 0 Å². The molecule has 1 unspecified atom stereocenters. The minimum Gasteiger partial charge on any atom is -0.497 e. The number of benzene rings is 3. The van der Waals surface area contributed by atoms with Crippen LogP contribution in [-0.4, -0.2) is 13.7 Å². The van der Waals surface area contributed by atoms with E-state index in [0.29, 0.717) is 0 Å². The Hall–Kier alpha value is -3.18. The molecule has 0 aromatic heterocycles. The molecule has 0 amide bonds. The highest BCUT2D eigenvalue weighted by atomic mass is 16.5. The van der Waals surface area contributed by atoms with E-state index in [1.165, 1.54) is 22.4 Å². The summed E-state index contributed by atoms with van der Waals surface area (Å²) in [6.07, 6.45) is 1.03. The summed E-state index contributed by atoms with van der Waals surface area (Å²) in [5.74, 6) is 7.80. The molecule has 0 saturated carbocycles. The number of methoxy groups -OCH3 is 1. The zero-order chi connectivity index (χ0) is 18.6. The fourth-order valence-electron chi connectivity index (χ4n) is 3.56. The summed E-state index contributed by atoms with van der Waals surface area (Å²) >= 11 is 0. The van der Waals surface area contributed by atoms with E-state index in [0.717, 1.165) is 24.3 Å². The van der Waals surface area contributed by atoms with Gasteiger partial charge in [0.15, 0.2) is 0 Å². The minimum atomic E-state index is 0.0460. The molecule has 1 aliphatic rings. The van der Waals surface area contributed by atoms with Crippen molar-refractivity contribution in [3.63, 3.8) is 0 Å². The monoisotopic (exact) mass is 353 g/mol. The molecule has 2 heteroatoms. The van der Waals surface area contributed by atoms with Gasteiger partial charge in [-0.1, -0.05) is 53.8 Å². The fourth-order valence-corrected chi connectivity index (χ4v) is 3.56. The Morgan fingerprint density at radius 1 is 0.926 bits per heavy atom. The first-order valence-corrected chi connectivity index (χ1v) is 9.31. The first kappa shape index (κ1) is 17.2. The number of hydrogen-bond acceptors (Lipinski definition) is 2. The largest absolute Gasteiger partial charge is 0.497 e. The summed E-state index contributed by atoms with van der Waals surface area (Å²) in [5.41, 5.74) is 6.18. The molecule has 0 spiro atoms. The summed E-state index contributed by atoms with van der Waals surface area (Å²) in [5, 5.41) is 0. The average Bonchev–Trinajstić information content (AvgIpc) is 2.73. The van der Waals surface area contributed by atoms with E-state index >= 15 is 0 Å². The van der Waals surface area contributed by atoms with Gasteiger partial charge in [0.1, 0.15) is 11.8 Å². The lowest BCUT2D eigenvalue weighted by Crippen LogP contribution is -2.34. The molecule has 1 atom stereocenters. The van der Waals surface area contributed by atoms with E-state index < -0.39 is 0 Å². The molecule has 27 heavy (non-hydrogen) atoms. The zero-order valence-electron chi connectivity index (χ0n) is 15.8. The van der Waals surface area contributed by atoms with Crippen molar-refractivity contribution in [2.75, 3.05) is 18.6 Å². The zero-order valence-corrected chi connectivity index (χ0v) is 15.8. The Morgan fingerprint density at radius 2 is 1.67 bits per heavy atom. The van der Waals surface area contributed by atoms with Gasteiger partial charge in [-0.15, -0.1) is 0 Å². The van der Waals surface area contributed by atoms with Gasteiger partial charge in [0.05, 0.1) is 7.11 Å². The van der Waals surface area contributed by atoms with Gasteiger partial charge in [0.25, 0.3) is 0 Å². The first-order valence-electron chi connectivity index (χ1n) is 9.31. The van der Waals surface area contributed by atoms with E-state index in [1.807, 2.05) is 12.1 Å². The second-order valence-corrected chi connectivity index (χ2v) is 6.88. The van der Waals surface area contributed by atoms with Gasteiger partial charge in [0.2, 0.25) is 0 Å². The first-order chi connectivity index (χ1) is 13.2. The molecular weight excluding hydrogens is 330 g/mol. The number of rotatable bonds is 2. The molecule has 2 nitrogen and oxygen atoms in total. The van der Waals surface area contributed by atoms with Crippen LogP contribution in [0.25, 0.3) is 0 Å². The molecule has 3 aromatic rings. The van der Waals surface area contributed by atoms with Gasteiger partial charge in [0, 0.05) is 17.8 Å². The van der Waals surface area contributed by atoms with Crippen molar-refractivity contribution >= 4 is 5.69 Å². The van der Waals surface area contributed by atoms with Crippen molar-refractivity contribution in [1.29, 1.82) is 0 Å². The highest BCUT2D eigenvalue weighted by Gasteiger charge is 2.25. The Balaban J connectivity index is 1.73. The van der Waals surface area contributed by atoms with E-state index in [9.17, 15) is 0 Å². The van der Waals surface area contributed by atoms with Gasteiger partial charge < -0.3 is 9.64 Å². The number of anilines is 1. The van der Waals surface area contributed by atoms with Gasteiger partial charge in [-0.3, -0.25) is 0 Å². The Bertz CT molecular complexity index is 977. The third-order valence-corrected chi connectivity index (χ3v) is 5.09. The maximum atomic E-state index is 5.31. The Morgan fingerprint density at radius 3 is 2.41 bits per heavy atom. The molecule has 0 fully saturated rings. The highest BCUT2D eigenvalue weighted by molar-refractivity contribution is 5.57. The van der Waals surface area contributed by atoms with E-state index in [2.05, 4.69) is 84.3 Å². The third kappa shape index (κ3) is 3.68. The standard InChI is InChI=1S/C25H23NO/c1-19-7-9-20(10-8-19)11-16-25-24-6-4-3-5-21(24)17-18-26(25)22-12-14-23(27-2)15-13-22/h3-10,12-15,25H,17-18H2,1-2H3. The van der Waals surface area contributed by atoms with Crippen LogP contribution in [0.2, 0.25) is 0 Å². The van der Waals surface area contributed by atoms with Gasteiger partial charge in [-0.05, 0) is 60.9 Å². The number of hydrogen-bond donors (Lipinski definition) is 0. The van der Waals surface area contributed by atoms with Crippen molar-refractivity contribution in [2.45, 2.75) is 19.4 Å². The van der Waals surface area contributed by atoms with Crippen LogP contribution in [0.5, 0.6) is 5.75 Å². The van der Waals surface area contributed by atoms with Crippen LogP contribution in [0, 0.1) is 18.8 Å². The molecule has 0 N–H and O–H groups in total. The molecular formula is C25H23NO. The van der Waals surface area contributed by atoms with Crippen LogP contribution in [0.15, 0.2) is 72.8 Å². The van der Waals surface area contributed by atoms with Crippen LogP contribution < -0.4 is 9.64 Å². The van der Waals surface area contributed by atoms with E-state index in [1.54, 1.807) is 7.11 Å². The summed E-state index contributed by atoms with van der Waals surface area (Å²) < 4.78 is 5.31. The summed E-state index contributed by atoms with van der Waals surface area (Å²) in [4.78, 5) is 2.39. The van der Waals surface area contributed by atoms with Crippen molar-refractivity contribution in [3.8, 4) is 17.6 Å². The Labute approximate surface area is 161 Å². The second-order valence-electron chi connectivity index (χ2n) is 6.88. The molecule has 3 aromatic carbocycles. The predicted octanol–water partition coefficient (Wildman–Crippen LogP) is 5.16. The molecule has 0 bridgehead atoms. The fraction of sp³-hybridized carbons (Fsp3) is 0.200. The number of nitrogens with zero attached hydrogens (tertiary/aromatic N) is 1. The lowest BCUT2D eigenvalue weighted by Gasteiger charge is -2.36. The SMILES string of the molecule is COc1ccc(N2CCc3ccccc3C2C#Cc2ccc(C)cc2)cc1. The van der Waals surface area contributed by atoms with Crippen molar-refractivity contribution in [3.05, 3.63) is 95.1 Å². The minimum absolute atomic E-state index is 0.0460. The van der Waals surface area contributed by atoms with Crippen LogP contribution in [0.4, 0.5) is 5.69 Å². The average molecular weight is 353 g/mol. The third-order valence-electron chi connectivity index (χ3n) is 5.09. The summed E-state index contributed by atoms with van der Waals surface area (Å²) in [7, 11) is 1.70. The van der Waals surface area contributed by atoms with Gasteiger partial charge in [-0.25, -0.2) is 0 Å². The van der Waals surface area contributed by atoms with Crippen molar-refractivity contribution in [1.82, 2.24) is 0 Å². The van der Waals surface area contributed by atoms with Crippen molar-refractivity contribution in [2.24, 2.45) is 0 Å². The molecule has 1 heterocycles. The van der Waals surface area contributed by atoms with Crippen LogP contribution >= 0.6 is 0 Å². The van der Waals surface area contributed by atoms with Crippen LogP contribution in [-0.2, 0) is 6.42 Å². The summed E-state index contributed by atoms with van der Waals surface area (Å²) in [6, 6.07) is 25.4. The number of fused-ring (bicyclic) bond motifs is 1. The molecule has 1 aliphatic heterocycles. The maximum absolute atomic E-state index is 5.31. The predicted molar refractivity (Wildman–Crippen MR) is 111 cm³/mol. The number of ether oxygens (including phenoxy) is 1. The van der Waals surface area contributed by atoms with Crippen molar-refractivity contribution < 1.29 is 4.74 Å². The van der Waals surface area contributed by atoms with Gasteiger partial charge >= 0.3 is 0 Å². The van der Waals surface area contributed by atoms with E-state index in [-0.39, 0.29) is 6.04 Å². The smallest absolute Gasteiger partial charge is 0.119 e. The van der Waals surface area contributed by atoms with E-state index in [4.69, 9.17) is 4.74 Å². The molecule has 134 valence electrons. The molecule has 0 radical (unpaired) electrons. The van der Waals surface area contributed by atoms with Crippen LogP contribution in [0.3, 0.4) is 0 Å². The van der Waals surface area contributed by atoms with Crippen LogP contribution in [0.1, 0.15) is 28.3 Å². The highest BCUT2D eigenvalue weighted by Crippen LogP contribution is 2.34. The lowest BCUT2D eigenvalue weighted by atomic mass is 9.92. The maximum Gasteiger partial charge on any atom is 0.119 e. The molecule has 0 saturated heterocycles. The second kappa shape index (κ2) is 7.60.